The average Bonchev–Trinajstić information content (AvgIpc) is 3.07. The van der Waals surface area contributed by atoms with Crippen LogP contribution in [0.1, 0.15) is 25.5 Å². The van der Waals surface area contributed by atoms with E-state index in [0.29, 0.717) is 0 Å². The van der Waals surface area contributed by atoms with Gasteiger partial charge in [0.25, 0.3) is 0 Å². The second kappa shape index (κ2) is 8.73. The summed E-state index contributed by atoms with van der Waals surface area (Å²) in [7, 11) is 6.02. The number of guanidine groups is 1. The van der Waals surface area contributed by atoms with Gasteiger partial charge >= 0.3 is 0 Å². The fourth-order valence-electron chi connectivity index (χ4n) is 3.26. The van der Waals surface area contributed by atoms with Gasteiger partial charge < -0.3 is 19.7 Å². The average molecular weight is 384 g/mol. The number of aryl methyl sites for hydroxylation is 1. The first-order chi connectivity index (χ1) is 11.0. The highest BCUT2D eigenvalue weighted by Gasteiger charge is 2.22. The van der Waals surface area contributed by atoms with Crippen molar-refractivity contribution in [3.63, 3.8) is 0 Å². The van der Waals surface area contributed by atoms with Crippen molar-refractivity contribution in [1.29, 1.82) is 0 Å². The first kappa shape index (κ1) is 18.3. The summed E-state index contributed by atoms with van der Waals surface area (Å²) in [5.41, 5.74) is 1.26. The molecule has 1 aliphatic rings. The zero-order chi connectivity index (χ0) is 16.8. The molecule has 1 unspecified atom stereocenters. The first-order valence-electron chi connectivity index (χ1n) is 8.48. The molecule has 0 aromatic carbocycles. The fourth-order valence-corrected chi connectivity index (χ4v) is 3.83. The van der Waals surface area contributed by atoms with Crippen LogP contribution < -0.4 is 5.32 Å². The van der Waals surface area contributed by atoms with Crippen molar-refractivity contribution in [3.05, 3.63) is 22.4 Å². The molecule has 0 bridgehead atoms. The van der Waals surface area contributed by atoms with E-state index in [1.807, 2.05) is 7.05 Å². The van der Waals surface area contributed by atoms with Gasteiger partial charge in [-0.25, -0.2) is 0 Å². The third kappa shape index (κ3) is 5.24. The van der Waals surface area contributed by atoms with E-state index >= 15 is 0 Å². The van der Waals surface area contributed by atoms with E-state index in [9.17, 15) is 0 Å². The predicted octanol–water partition coefficient (Wildman–Crippen LogP) is 2.53. The lowest BCUT2D eigenvalue weighted by Gasteiger charge is -2.24. The molecule has 2 rings (SSSR count). The molecule has 0 radical (unpaired) electrons. The molecule has 1 aliphatic heterocycles. The quantitative estimate of drug-likeness (QED) is 0.605. The Hall–Kier alpha value is -1.01. The maximum Gasteiger partial charge on any atom is 0.193 e. The molecule has 1 N–H and O–H groups in total. The fraction of sp³-hybridized carbons (Fsp3) is 0.706. The lowest BCUT2D eigenvalue weighted by molar-refractivity contribution is 0.324. The summed E-state index contributed by atoms with van der Waals surface area (Å²) in [4.78, 5) is 9.18. The van der Waals surface area contributed by atoms with Crippen LogP contribution in [-0.4, -0.2) is 60.6 Å². The zero-order valence-electron chi connectivity index (χ0n) is 14.8. The van der Waals surface area contributed by atoms with Crippen molar-refractivity contribution < 1.29 is 0 Å². The number of nitrogens with one attached hydrogen (secondary N) is 1. The molecule has 5 nitrogen and oxygen atoms in total. The summed E-state index contributed by atoms with van der Waals surface area (Å²) in [5.74, 6) is 1.70. The summed E-state index contributed by atoms with van der Waals surface area (Å²) < 4.78 is 3.27. The van der Waals surface area contributed by atoms with E-state index in [1.165, 1.54) is 38.2 Å². The predicted molar refractivity (Wildman–Crippen MR) is 101 cm³/mol. The number of aromatic nitrogens is 1. The summed E-state index contributed by atoms with van der Waals surface area (Å²) in [6, 6.07) is 2.16. The summed E-state index contributed by atoms with van der Waals surface area (Å²) in [5, 5.41) is 3.55. The van der Waals surface area contributed by atoms with Crippen molar-refractivity contribution >= 4 is 21.9 Å². The number of halogens is 1. The monoisotopic (exact) mass is 383 g/mol. The van der Waals surface area contributed by atoms with Gasteiger partial charge in [-0.2, -0.15) is 0 Å². The first-order valence-corrected chi connectivity index (χ1v) is 9.27. The van der Waals surface area contributed by atoms with Crippen molar-refractivity contribution in [2.45, 2.75) is 26.3 Å². The van der Waals surface area contributed by atoms with Gasteiger partial charge in [0, 0.05) is 50.6 Å². The highest BCUT2D eigenvalue weighted by Crippen LogP contribution is 2.16. The number of rotatable bonds is 6. The van der Waals surface area contributed by atoms with E-state index < -0.39 is 0 Å². The summed E-state index contributed by atoms with van der Waals surface area (Å²) >= 11 is 3.53. The van der Waals surface area contributed by atoms with Gasteiger partial charge in [-0.1, -0.05) is 6.92 Å². The number of hydrogen-bond donors (Lipinski definition) is 1. The van der Waals surface area contributed by atoms with Crippen molar-refractivity contribution in [1.82, 2.24) is 19.7 Å². The van der Waals surface area contributed by atoms with Crippen LogP contribution in [-0.2, 0) is 13.6 Å². The molecule has 0 amide bonds. The molecule has 0 saturated carbocycles. The third-order valence-corrected chi connectivity index (χ3v) is 4.94. The SMILES string of the molecule is CCCN1CCC(CNC(=NC)N(C)Cc2cc(Br)cn2C)C1. The number of hydrogen-bond acceptors (Lipinski definition) is 2. The van der Waals surface area contributed by atoms with Crippen LogP contribution in [0.4, 0.5) is 0 Å². The highest BCUT2D eigenvalue weighted by molar-refractivity contribution is 9.10. The Balaban J connectivity index is 1.82. The number of nitrogens with zero attached hydrogens (tertiary/aromatic N) is 4. The van der Waals surface area contributed by atoms with Crippen molar-refractivity contribution in [2.75, 3.05) is 40.3 Å². The molecule has 0 aliphatic carbocycles. The third-order valence-electron chi connectivity index (χ3n) is 4.51. The molecule has 1 atom stereocenters. The Bertz CT molecular complexity index is 525. The molecule has 1 aromatic rings. The van der Waals surface area contributed by atoms with Crippen molar-refractivity contribution in [3.8, 4) is 0 Å². The van der Waals surface area contributed by atoms with Gasteiger partial charge in [0.05, 0.1) is 6.54 Å². The highest BCUT2D eigenvalue weighted by atomic mass is 79.9. The minimum Gasteiger partial charge on any atom is -0.356 e. The minimum absolute atomic E-state index is 0.732. The van der Waals surface area contributed by atoms with Crippen LogP contribution in [0.15, 0.2) is 21.7 Å². The lowest BCUT2D eigenvalue weighted by Crippen LogP contribution is -2.41. The second-order valence-corrected chi connectivity index (χ2v) is 7.42. The van der Waals surface area contributed by atoms with Crippen LogP contribution >= 0.6 is 15.9 Å². The molecule has 1 saturated heterocycles. The molecular weight excluding hydrogens is 354 g/mol. The Morgan fingerprint density at radius 3 is 2.91 bits per heavy atom. The molecule has 130 valence electrons. The molecular formula is C17H30BrN5. The van der Waals surface area contributed by atoms with Gasteiger partial charge in [0.1, 0.15) is 0 Å². The Morgan fingerprint density at radius 2 is 2.30 bits per heavy atom. The zero-order valence-corrected chi connectivity index (χ0v) is 16.4. The molecule has 0 spiro atoms. The van der Waals surface area contributed by atoms with Gasteiger partial charge in [0.2, 0.25) is 0 Å². The summed E-state index contributed by atoms with van der Waals surface area (Å²) in [6.45, 7) is 7.79. The Kier molecular flexibility index (Phi) is 6.96. The van der Waals surface area contributed by atoms with Gasteiger partial charge in [-0.05, 0) is 53.8 Å². The molecule has 6 heteroatoms. The van der Waals surface area contributed by atoms with Crippen LogP contribution in [0.3, 0.4) is 0 Å². The molecule has 2 heterocycles. The Morgan fingerprint density at radius 1 is 1.52 bits per heavy atom. The van der Waals surface area contributed by atoms with E-state index in [1.54, 1.807) is 0 Å². The largest absolute Gasteiger partial charge is 0.356 e. The smallest absolute Gasteiger partial charge is 0.193 e. The molecule has 1 aromatic heterocycles. The standard InChI is InChI=1S/C17H30BrN5/c1-5-7-23-8-6-14(11-23)10-20-17(19-2)22(4)13-16-9-15(18)12-21(16)3/h9,12,14H,5-8,10-11,13H2,1-4H3,(H,19,20). The molecule has 1 fully saturated rings. The van der Waals surface area contributed by atoms with E-state index in [4.69, 9.17) is 0 Å². The minimum atomic E-state index is 0.732. The topological polar surface area (TPSA) is 35.8 Å². The molecule has 23 heavy (non-hydrogen) atoms. The van der Waals surface area contributed by atoms with Crippen LogP contribution in [0.25, 0.3) is 0 Å². The number of likely N-dealkylation sites (tertiary alicyclic amines) is 1. The normalized spacial score (nSPS) is 19.3. The van der Waals surface area contributed by atoms with Crippen LogP contribution in [0, 0.1) is 5.92 Å². The lowest BCUT2D eigenvalue weighted by atomic mass is 10.1. The van der Waals surface area contributed by atoms with E-state index in [0.717, 1.165) is 29.4 Å². The van der Waals surface area contributed by atoms with Gasteiger partial charge in [0.15, 0.2) is 5.96 Å². The number of aliphatic imine (C=N–C) groups is 1. The Labute approximate surface area is 148 Å². The van der Waals surface area contributed by atoms with Crippen LogP contribution in [0.2, 0.25) is 0 Å². The maximum atomic E-state index is 4.43. The second-order valence-electron chi connectivity index (χ2n) is 6.50. The van der Waals surface area contributed by atoms with Gasteiger partial charge in [-0.3, -0.25) is 4.99 Å². The van der Waals surface area contributed by atoms with E-state index in [2.05, 4.69) is 73.9 Å². The van der Waals surface area contributed by atoms with Crippen LogP contribution in [0.5, 0.6) is 0 Å². The van der Waals surface area contributed by atoms with Crippen molar-refractivity contribution in [2.24, 2.45) is 18.0 Å². The summed E-state index contributed by atoms with van der Waals surface area (Å²) in [6.07, 6.45) is 4.62. The maximum absolute atomic E-state index is 4.43. The van der Waals surface area contributed by atoms with Gasteiger partial charge in [-0.15, -0.1) is 0 Å². The van der Waals surface area contributed by atoms with E-state index in [-0.39, 0.29) is 0 Å².